The molecule has 0 spiro atoms. The average molecular weight is 294 g/mol. The minimum Gasteiger partial charge on any atom is -0.494 e. The van der Waals surface area contributed by atoms with Crippen LogP contribution in [0.15, 0.2) is 18.2 Å². The highest BCUT2D eigenvalue weighted by Gasteiger charge is 2.19. The van der Waals surface area contributed by atoms with E-state index in [-0.39, 0.29) is 17.5 Å². The lowest BCUT2D eigenvalue weighted by Crippen LogP contribution is -2.24. The lowest BCUT2D eigenvalue weighted by molar-refractivity contribution is -0.119. The van der Waals surface area contributed by atoms with Crippen LogP contribution in [0.1, 0.15) is 31.2 Å². The fourth-order valence-corrected chi connectivity index (χ4v) is 2.94. The van der Waals surface area contributed by atoms with E-state index in [1.54, 1.807) is 6.07 Å². The number of benzene rings is 1. The number of hydrogen-bond acceptors (Lipinski definition) is 3. The van der Waals surface area contributed by atoms with Gasteiger partial charge in [0.2, 0.25) is 5.91 Å². The first-order valence-electron chi connectivity index (χ1n) is 7.41. The lowest BCUT2D eigenvalue weighted by atomic mass is 9.97. The minimum absolute atomic E-state index is 0.217. The molecule has 0 bridgehead atoms. The summed E-state index contributed by atoms with van der Waals surface area (Å²) >= 11 is 0. The highest BCUT2D eigenvalue weighted by Crippen LogP contribution is 2.23. The van der Waals surface area contributed by atoms with Gasteiger partial charge in [0.25, 0.3) is 0 Å². The molecule has 1 aromatic carbocycles. The third-order valence-corrected chi connectivity index (χ3v) is 4.05. The Balaban J connectivity index is 1.91. The summed E-state index contributed by atoms with van der Waals surface area (Å²) in [4.78, 5) is 13.3. The maximum atomic E-state index is 13.7. The van der Waals surface area contributed by atoms with E-state index >= 15 is 0 Å². The van der Waals surface area contributed by atoms with Crippen molar-refractivity contribution in [3.05, 3.63) is 29.6 Å². The van der Waals surface area contributed by atoms with Crippen LogP contribution in [0.4, 0.5) is 4.39 Å². The standard InChI is InChI=1S/C16H23FN2O2/c1-21-15-5-4-13(9-14(15)17)11-19-7-2-3-12(6-8-19)10-16(18)20/h4-5,9,12H,2-3,6-8,10-11H2,1H3,(H2,18,20). The Kier molecular flexibility index (Phi) is 5.56. The van der Waals surface area contributed by atoms with Gasteiger partial charge in [0, 0.05) is 13.0 Å². The molecule has 116 valence electrons. The van der Waals surface area contributed by atoms with Crippen molar-refractivity contribution < 1.29 is 13.9 Å². The summed E-state index contributed by atoms with van der Waals surface area (Å²) in [6.07, 6.45) is 3.54. The predicted octanol–water partition coefficient (Wildman–Crippen LogP) is 2.31. The first-order chi connectivity index (χ1) is 10.1. The predicted molar refractivity (Wildman–Crippen MR) is 79.4 cm³/mol. The maximum absolute atomic E-state index is 13.7. The fraction of sp³-hybridized carbons (Fsp3) is 0.562. The Hall–Kier alpha value is -1.62. The maximum Gasteiger partial charge on any atom is 0.217 e. The highest BCUT2D eigenvalue weighted by molar-refractivity contribution is 5.73. The smallest absolute Gasteiger partial charge is 0.217 e. The number of halogens is 1. The number of hydrogen-bond donors (Lipinski definition) is 1. The number of ether oxygens (including phenoxy) is 1. The normalized spacial score (nSPS) is 20.0. The number of nitrogens with zero attached hydrogens (tertiary/aromatic N) is 1. The molecule has 0 saturated carbocycles. The third-order valence-electron chi connectivity index (χ3n) is 4.05. The molecule has 1 atom stereocenters. The van der Waals surface area contributed by atoms with Gasteiger partial charge in [-0.05, 0) is 56.0 Å². The molecule has 4 nitrogen and oxygen atoms in total. The van der Waals surface area contributed by atoms with Gasteiger partial charge in [0.05, 0.1) is 7.11 Å². The second-order valence-corrected chi connectivity index (χ2v) is 5.71. The van der Waals surface area contributed by atoms with Gasteiger partial charge in [-0.3, -0.25) is 9.69 Å². The molecule has 1 aromatic rings. The van der Waals surface area contributed by atoms with Crippen LogP contribution < -0.4 is 10.5 Å². The van der Waals surface area contributed by atoms with Gasteiger partial charge >= 0.3 is 0 Å². The monoisotopic (exact) mass is 294 g/mol. The number of likely N-dealkylation sites (tertiary alicyclic amines) is 1. The van der Waals surface area contributed by atoms with Crippen LogP contribution in [0.3, 0.4) is 0 Å². The van der Waals surface area contributed by atoms with Crippen LogP contribution in [0.5, 0.6) is 5.75 Å². The Morgan fingerprint density at radius 1 is 1.43 bits per heavy atom. The molecule has 5 heteroatoms. The summed E-state index contributed by atoms with van der Waals surface area (Å²) in [6.45, 7) is 2.62. The topological polar surface area (TPSA) is 55.6 Å². The molecule has 0 aromatic heterocycles. The second-order valence-electron chi connectivity index (χ2n) is 5.71. The van der Waals surface area contributed by atoms with Crippen molar-refractivity contribution in [3.63, 3.8) is 0 Å². The number of rotatable bonds is 5. The van der Waals surface area contributed by atoms with Crippen molar-refractivity contribution in [1.82, 2.24) is 4.90 Å². The number of primary amides is 1. The van der Waals surface area contributed by atoms with Crippen LogP contribution in [-0.4, -0.2) is 31.0 Å². The Bertz CT molecular complexity index is 493. The van der Waals surface area contributed by atoms with Crippen LogP contribution in [-0.2, 0) is 11.3 Å². The van der Waals surface area contributed by atoms with Gasteiger partial charge in [-0.25, -0.2) is 4.39 Å². The van der Waals surface area contributed by atoms with Gasteiger partial charge in [-0.1, -0.05) is 6.07 Å². The van der Waals surface area contributed by atoms with E-state index in [9.17, 15) is 9.18 Å². The van der Waals surface area contributed by atoms with E-state index < -0.39 is 0 Å². The molecule has 1 unspecified atom stereocenters. The fourth-order valence-electron chi connectivity index (χ4n) is 2.94. The molecule has 1 heterocycles. The quantitative estimate of drug-likeness (QED) is 0.906. The SMILES string of the molecule is COc1ccc(CN2CCCC(CC(N)=O)CC2)cc1F. The Morgan fingerprint density at radius 3 is 2.90 bits per heavy atom. The van der Waals surface area contributed by atoms with Crippen molar-refractivity contribution >= 4 is 5.91 Å². The number of methoxy groups -OCH3 is 1. The molecule has 21 heavy (non-hydrogen) atoms. The molecule has 0 radical (unpaired) electrons. The van der Waals surface area contributed by atoms with Crippen molar-refractivity contribution in [1.29, 1.82) is 0 Å². The average Bonchev–Trinajstić information content (AvgIpc) is 2.64. The van der Waals surface area contributed by atoms with Crippen molar-refractivity contribution in [2.45, 2.75) is 32.2 Å². The van der Waals surface area contributed by atoms with Crippen molar-refractivity contribution in [3.8, 4) is 5.75 Å². The molecule has 1 aliphatic rings. The highest BCUT2D eigenvalue weighted by atomic mass is 19.1. The largest absolute Gasteiger partial charge is 0.494 e. The molecule has 1 saturated heterocycles. The summed E-state index contributed by atoms with van der Waals surface area (Å²) < 4.78 is 18.6. The molecular weight excluding hydrogens is 271 g/mol. The van der Waals surface area contributed by atoms with Crippen LogP contribution in [0.2, 0.25) is 0 Å². The van der Waals surface area contributed by atoms with E-state index in [0.29, 0.717) is 12.3 Å². The van der Waals surface area contributed by atoms with E-state index in [1.807, 2.05) is 6.07 Å². The van der Waals surface area contributed by atoms with Gasteiger partial charge in [0.15, 0.2) is 11.6 Å². The first-order valence-corrected chi connectivity index (χ1v) is 7.41. The number of carbonyl (C=O) groups excluding carboxylic acids is 1. The first kappa shape index (κ1) is 15.8. The third kappa shape index (κ3) is 4.70. The van der Waals surface area contributed by atoms with Crippen LogP contribution in [0.25, 0.3) is 0 Å². The Morgan fingerprint density at radius 2 is 2.24 bits per heavy atom. The summed E-state index contributed by atoms with van der Waals surface area (Å²) in [6, 6.07) is 5.09. The van der Waals surface area contributed by atoms with Crippen LogP contribution in [0, 0.1) is 11.7 Å². The molecule has 2 rings (SSSR count). The molecular formula is C16H23FN2O2. The van der Waals surface area contributed by atoms with E-state index in [4.69, 9.17) is 10.5 Å². The molecule has 1 fully saturated rings. The number of amides is 1. The number of carbonyl (C=O) groups is 1. The number of nitrogens with two attached hydrogens (primary N) is 1. The summed E-state index contributed by atoms with van der Waals surface area (Å²) in [5, 5.41) is 0. The zero-order valence-electron chi connectivity index (χ0n) is 12.5. The van der Waals surface area contributed by atoms with Gasteiger partial charge < -0.3 is 10.5 Å². The minimum atomic E-state index is -0.323. The summed E-state index contributed by atoms with van der Waals surface area (Å²) in [7, 11) is 1.46. The van der Waals surface area contributed by atoms with E-state index in [2.05, 4.69) is 4.90 Å². The van der Waals surface area contributed by atoms with E-state index in [1.165, 1.54) is 13.2 Å². The van der Waals surface area contributed by atoms with Gasteiger partial charge in [-0.15, -0.1) is 0 Å². The van der Waals surface area contributed by atoms with Crippen molar-refractivity contribution in [2.24, 2.45) is 11.7 Å². The summed E-state index contributed by atoms with van der Waals surface area (Å²) in [5.41, 5.74) is 6.22. The molecule has 1 aliphatic heterocycles. The van der Waals surface area contributed by atoms with Gasteiger partial charge in [-0.2, -0.15) is 0 Å². The van der Waals surface area contributed by atoms with Gasteiger partial charge in [0.1, 0.15) is 0 Å². The zero-order valence-corrected chi connectivity index (χ0v) is 12.5. The van der Waals surface area contributed by atoms with Crippen molar-refractivity contribution in [2.75, 3.05) is 20.2 Å². The molecule has 1 amide bonds. The Labute approximate surface area is 125 Å². The zero-order chi connectivity index (χ0) is 15.2. The lowest BCUT2D eigenvalue weighted by Gasteiger charge is -2.20. The molecule has 0 aliphatic carbocycles. The molecule has 2 N–H and O–H groups in total. The summed E-state index contributed by atoms with van der Waals surface area (Å²) in [5.74, 6) is 0.123. The van der Waals surface area contributed by atoms with E-state index in [0.717, 1.165) is 44.5 Å². The second kappa shape index (κ2) is 7.41. The van der Waals surface area contributed by atoms with Crippen LogP contribution >= 0.6 is 0 Å².